The summed E-state index contributed by atoms with van der Waals surface area (Å²) in [5, 5.41) is 9.26. The van der Waals surface area contributed by atoms with Crippen molar-refractivity contribution in [2.45, 2.75) is 5.41 Å². The van der Waals surface area contributed by atoms with Gasteiger partial charge in [-0.2, -0.15) is 0 Å². The molecule has 2 heteroatoms. The summed E-state index contributed by atoms with van der Waals surface area (Å²) in [5.41, 5.74) is 17.7. The monoisotopic (exact) mass is 826 g/mol. The molecule has 0 spiro atoms. The zero-order chi connectivity index (χ0) is 42.6. The lowest BCUT2D eigenvalue weighted by molar-refractivity contribution is 0.668. The minimum absolute atomic E-state index is 0.531. The van der Waals surface area contributed by atoms with Crippen molar-refractivity contribution in [3.8, 4) is 44.5 Å². The Morgan fingerprint density at radius 2 is 0.692 bits per heavy atom. The molecule has 14 rings (SSSR count). The van der Waals surface area contributed by atoms with Gasteiger partial charge in [0.15, 0.2) is 0 Å². The second-order valence-corrected chi connectivity index (χ2v) is 17.4. The number of benzene rings is 11. The van der Waals surface area contributed by atoms with E-state index in [0.717, 1.165) is 55.0 Å². The Morgan fingerprint density at radius 1 is 0.262 bits per heavy atom. The number of hydrogen-bond acceptors (Lipinski definition) is 2. The fourth-order valence-electron chi connectivity index (χ4n) is 11.5. The molecule has 0 fully saturated rings. The van der Waals surface area contributed by atoms with Crippen molar-refractivity contribution >= 4 is 65.4 Å². The van der Waals surface area contributed by atoms with Crippen molar-refractivity contribution in [3.05, 3.63) is 253 Å². The molecule has 13 aromatic rings. The molecule has 2 heterocycles. The zero-order valence-electron chi connectivity index (χ0n) is 35.3. The van der Waals surface area contributed by atoms with Crippen LogP contribution in [0.3, 0.4) is 0 Å². The highest BCUT2D eigenvalue weighted by Crippen LogP contribution is 2.57. The average molecular weight is 827 g/mol. The normalized spacial score (nSPS) is 13.0. The van der Waals surface area contributed by atoms with E-state index in [9.17, 15) is 0 Å². The van der Waals surface area contributed by atoms with E-state index in [0.29, 0.717) is 0 Å². The van der Waals surface area contributed by atoms with E-state index < -0.39 is 5.41 Å². The standard InChI is InChI=1S/C63H38O2/c1-3-17-40(18-4-1)63(41-19-5-2-6-20-41)54-30-10-7-21-44(54)45-36-35-39(37-55(45)63)60-48-26-13-24-42(46-28-15-33-58-61(46)50-22-8-11-31-56(50)64-58)52(48)38-53-43(25-14-27-49(53)60)47-29-16-34-59-62(47)51-23-9-12-32-57(51)65-59/h1-38H. The summed E-state index contributed by atoms with van der Waals surface area (Å²) >= 11 is 0. The number of rotatable bonds is 5. The highest BCUT2D eigenvalue weighted by atomic mass is 16.3. The summed E-state index contributed by atoms with van der Waals surface area (Å²) in [4.78, 5) is 0. The van der Waals surface area contributed by atoms with Crippen LogP contribution in [0, 0.1) is 0 Å². The predicted molar refractivity (Wildman–Crippen MR) is 270 cm³/mol. The molecule has 65 heavy (non-hydrogen) atoms. The van der Waals surface area contributed by atoms with E-state index in [2.05, 4.69) is 218 Å². The minimum Gasteiger partial charge on any atom is -0.456 e. The maximum atomic E-state index is 6.49. The summed E-state index contributed by atoms with van der Waals surface area (Å²) in [6.45, 7) is 0. The average Bonchev–Trinajstić information content (AvgIpc) is 4.04. The Bertz CT molecular complexity index is 3850. The van der Waals surface area contributed by atoms with Crippen LogP contribution in [0.15, 0.2) is 239 Å². The van der Waals surface area contributed by atoms with Gasteiger partial charge in [0, 0.05) is 21.5 Å². The Kier molecular flexibility index (Phi) is 7.64. The van der Waals surface area contributed by atoms with E-state index >= 15 is 0 Å². The van der Waals surface area contributed by atoms with Crippen molar-refractivity contribution in [1.82, 2.24) is 0 Å². The minimum atomic E-state index is -0.531. The largest absolute Gasteiger partial charge is 0.456 e. The summed E-state index contributed by atoms with van der Waals surface area (Å²) in [6, 6.07) is 84.3. The molecule has 0 radical (unpaired) electrons. The molecule has 1 aliphatic rings. The predicted octanol–water partition coefficient (Wildman–Crippen LogP) is 17.2. The van der Waals surface area contributed by atoms with Crippen LogP contribution in [0.1, 0.15) is 22.3 Å². The van der Waals surface area contributed by atoms with Gasteiger partial charge in [-0.3, -0.25) is 0 Å². The van der Waals surface area contributed by atoms with E-state index in [1.807, 2.05) is 12.1 Å². The van der Waals surface area contributed by atoms with Gasteiger partial charge in [0.05, 0.1) is 5.41 Å². The molecule has 0 amide bonds. The number of furan rings is 2. The summed E-state index contributed by atoms with van der Waals surface area (Å²) in [6.07, 6.45) is 0. The molecule has 2 nitrogen and oxygen atoms in total. The van der Waals surface area contributed by atoms with Crippen LogP contribution in [0.4, 0.5) is 0 Å². The van der Waals surface area contributed by atoms with Gasteiger partial charge in [-0.1, -0.05) is 194 Å². The molecule has 0 bridgehead atoms. The lowest BCUT2D eigenvalue weighted by atomic mass is 9.67. The third kappa shape index (κ3) is 5.05. The van der Waals surface area contributed by atoms with Gasteiger partial charge in [-0.15, -0.1) is 0 Å². The van der Waals surface area contributed by atoms with E-state index in [-0.39, 0.29) is 0 Å². The van der Waals surface area contributed by atoms with Crippen molar-refractivity contribution in [2.24, 2.45) is 0 Å². The lowest BCUT2D eigenvalue weighted by Crippen LogP contribution is -2.28. The van der Waals surface area contributed by atoms with E-state index in [1.54, 1.807) is 0 Å². The first-order chi connectivity index (χ1) is 32.3. The Labute approximate surface area is 375 Å². The van der Waals surface area contributed by atoms with Gasteiger partial charge < -0.3 is 8.83 Å². The fraction of sp³-hybridized carbons (Fsp3) is 0.0159. The summed E-state index contributed by atoms with van der Waals surface area (Å²) in [7, 11) is 0. The Balaban J connectivity index is 1.12. The fourth-order valence-corrected chi connectivity index (χ4v) is 11.5. The van der Waals surface area contributed by atoms with Crippen LogP contribution in [0.5, 0.6) is 0 Å². The first-order valence-electron chi connectivity index (χ1n) is 22.4. The smallest absolute Gasteiger partial charge is 0.136 e. The Morgan fingerprint density at radius 3 is 1.28 bits per heavy atom. The zero-order valence-corrected chi connectivity index (χ0v) is 35.3. The molecule has 0 unspecified atom stereocenters. The van der Waals surface area contributed by atoms with Crippen LogP contribution in [0.25, 0.3) is 110 Å². The molecule has 1 aliphatic carbocycles. The van der Waals surface area contributed by atoms with Gasteiger partial charge in [0.1, 0.15) is 22.3 Å². The SMILES string of the molecule is c1ccc(C2(c3ccccc3)c3ccccc3-c3ccc(-c4c5cccc(-c6cccc7oc8ccccc8c67)c5cc5c(-c6cccc7oc8ccccc8c67)cccc45)cc32)cc1. The second-order valence-electron chi connectivity index (χ2n) is 17.4. The Hall–Kier alpha value is -8.46. The highest BCUT2D eigenvalue weighted by molar-refractivity contribution is 6.23. The number of fused-ring (bicyclic) bond motifs is 11. The van der Waals surface area contributed by atoms with Crippen LogP contribution in [0.2, 0.25) is 0 Å². The maximum Gasteiger partial charge on any atom is 0.136 e. The molecule has 11 aromatic carbocycles. The van der Waals surface area contributed by atoms with Crippen LogP contribution >= 0.6 is 0 Å². The van der Waals surface area contributed by atoms with Gasteiger partial charge >= 0.3 is 0 Å². The molecule has 0 saturated heterocycles. The maximum absolute atomic E-state index is 6.49. The molecule has 0 saturated carbocycles. The lowest BCUT2D eigenvalue weighted by Gasteiger charge is -2.34. The van der Waals surface area contributed by atoms with Crippen LogP contribution in [-0.2, 0) is 5.41 Å². The number of hydrogen-bond donors (Lipinski definition) is 0. The summed E-state index contributed by atoms with van der Waals surface area (Å²) in [5.74, 6) is 0. The highest BCUT2D eigenvalue weighted by Gasteiger charge is 2.46. The molecule has 2 aromatic heterocycles. The van der Waals surface area contributed by atoms with Gasteiger partial charge in [-0.25, -0.2) is 0 Å². The van der Waals surface area contributed by atoms with Gasteiger partial charge in [0.2, 0.25) is 0 Å². The summed E-state index contributed by atoms with van der Waals surface area (Å²) < 4.78 is 13.0. The third-order valence-corrected chi connectivity index (χ3v) is 14.2. The van der Waals surface area contributed by atoms with E-state index in [1.165, 1.54) is 77.2 Å². The first-order valence-corrected chi connectivity index (χ1v) is 22.4. The molecule has 0 atom stereocenters. The van der Waals surface area contributed by atoms with Crippen molar-refractivity contribution < 1.29 is 8.83 Å². The van der Waals surface area contributed by atoms with Crippen molar-refractivity contribution in [2.75, 3.05) is 0 Å². The molecular formula is C63H38O2. The van der Waals surface area contributed by atoms with Gasteiger partial charge in [-0.05, 0) is 125 Å². The van der Waals surface area contributed by atoms with E-state index in [4.69, 9.17) is 8.83 Å². The molecule has 302 valence electrons. The quantitative estimate of drug-likeness (QED) is 0.162. The van der Waals surface area contributed by atoms with Crippen LogP contribution in [-0.4, -0.2) is 0 Å². The number of para-hydroxylation sites is 2. The second kappa shape index (κ2) is 13.8. The topological polar surface area (TPSA) is 26.3 Å². The third-order valence-electron chi connectivity index (χ3n) is 14.2. The molecule has 0 N–H and O–H groups in total. The molecular weight excluding hydrogens is 789 g/mol. The van der Waals surface area contributed by atoms with Crippen molar-refractivity contribution in [1.29, 1.82) is 0 Å². The van der Waals surface area contributed by atoms with Crippen molar-refractivity contribution in [3.63, 3.8) is 0 Å². The van der Waals surface area contributed by atoms with Gasteiger partial charge in [0.25, 0.3) is 0 Å². The van der Waals surface area contributed by atoms with Crippen LogP contribution < -0.4 is 0 Å². The molecule has 0 aliphatic heterocycles. The first kappa shape index (κ1) is 36.1.